The van der Waals surface area contributed by atoms with E-state index in [4.69, 9.17) is 14.2 Å². The first-order chi connectivity index (χ1) is 50.1. The molecule has 12 rings (SSSR count). The van der Waals surface area contributed by atoms with Gasteiger partial charge < -0.3 is 48.5 Å². The van der Waals surface area contributed by atoms with Gasteiger partial charge >= 0.3 is 18.3 Å². The summed E-state index contributed by atoms with van der Waals surface area (Å²) < 4.78 is 118. The smallest absolute Gasteiger partial charge is 0.410 e. The number of carbonyl (C=O) groups is 3. The Morgan fingerprint density at radius 1 is 0.376 bits per heavy atom. The molecule has 0 spiro atoms. The minimum absolute atomic E-state index is 0. The number of piperazine rings is 3. The maximum atomic E-state index is 13.0. The van der Waals surface area contributed by atoms with Crippen LogP contribution in [0.3, 0.4) is 0 Å². The molecule has 0 atom stereocenters. The van der Waals surface area contributed by atoms with E-state index in [2.05, 4.69) is 78.2 Å². The molecule has 3 amide bonds. The van der Waals surface area contributed by atoms with Gasteiger partial charge in [-0.05, 0) is 195 Å². The van der Waals surface area contributed by atoms with E-state index in [0.717, 1.165) is 69.4 Å². The van der Waals surface area contributed by atoms with Gasteiger partial charge in [0.2, 0.25) is 43.5 Å². The van der Waals surface area contributed by atoms with Crippen molar-refractivity contribution in [3.63, 3.8) is 0 Å². The zero-order chi connectivity index (χ0) is 77.0. The van der Waals surface area contributed by atoms with Gasteiger partial charge in [-0.15, -0.1) is 25.0 Å². The van der Waals surface area contributed by atoms with Crippen LogP contribution in [0.25, 0.3) is 0 Å². The highest BCUT2D eigenvalue weighted by molar-refractivity contribution is 9.10. The summed E-state index contributed by atoms with van der Waals surface area (Å²) in [7, 11) is -7.53. The molecule has 4 fully saturated rings. The third-order valence-electron chi connectivity index (χ3n) is 15.5. The first kappa shape index (κ1) is 90.9. The number of carbonyl (C=O) groups excluding carboxylic acids is 3. The van der Waals surface area contributed by atoms with Gasteiger partial charge in [0.05, 0.1) is 39.1 Å². The number of sulfone groups is 2. The van der Waals surface area contributed by atoms with Crippen molar-refractivity contribution >= 4 is 114 Å². The summed E-state index contributed by atoms with van der Waals surface area (Å²) in [5, 5.41) is 0. The standard InChI is InChI=1S/C19H23FN4O4S.C19H23FN4O2S.C15H16FN3O2S.C13H19BrN4O2.C6H5FS.2CH4.ClH/c1-19(2,3)28-18(25)24-10-8-23(9-11-24)17-21-12-16(13-22-17)29(26,27)15-6-4-14(20)5-7-15;1-19(2,3)26-18(25)24-10-8-23(9-11-24)17-21-12-16(13-22-17)27-15-6-4-14(20)5-7-15;16-12-4-6-13(7-5-12)22(20,21)14-10-17-15(18-11-14)19-8-2-1-3-9-19;1-13(2,3)20-12(19)18-6-4-17(5-7-18)11-15-8-10(14)9-16-11;7-5-1-3-6(8)4-2-5;;;/h4-7,12-13H,8-11H2,1-3H3;4-7,12-13H,8-11H2,1-3H3;4-7,10-11H,1-3,8-9H2;8-9H,4-7H2,1-3H3;1-4,8H;2*1H4;1H. The van der Waals surface area contributed by atoms with Gasteiger partial charge in [0.1, 0.15) is 49.9 Å². The van der Waals surface area contributed by atoms with Crippen molar-refractivity contribution in [3.8, 4) is 0 Å². The number of halogens is 6. The molecule has 0 radical (unpaired) electrons. The number of thiol groups is 1. The van der Waals surface area contributed by atoms with Gasteiger partial charge in [-0.1, -0.05) is 26.6 Å². The molecule has 0 aliphatic carbocycles. The zero-order valence-corrected chi connectivity index (χ0v) is 66.4. The maximum Gasteiger partial charge on any atom is 0.410 e. The third-order valence-corrected chi connectivity index (χ3v) is 20.6. The van der Waals surface area contributed by atoms with Gasteiger partial charge in [-0.25, -0.2) is 88.7 Å². The predicted octanol–water partition coefficient (Wildman–Crippen LogP) is 14.9. The number of nitrogens with zero attached hydrogens (tertiary/aromatic N) is 15. The minimum atomic E-state index is -3.82. The summed E-state index contributed by atoms with van der Waals surface area (Å²) in [6, 6.07) is 21.6. The summed E-state index contributed by atoms with van der Waals surface area (Å²) in [6.07, 6.45) is 14.6. The normalized spacial score (nSPS) is 14.6. The molecule has 4 aliphatic heterocycles. The van der Waals surface area contributed by atoms with E-state index in [-0.39, 0.29) is 76.8 Å². The number of ether oxygens (including phenoxy) is 3. The quantitative estimate of drug-likeness (QED) is 0.0576. The molecule has 8 aromatic rings. The summed E-state index contributed by atoms with van der Waals surface area (Å²) in [4.78, 5) is 85.9. The van der Waals surface area contributed by atoms with Gasteiger partial charge in [-0.3, -0.25) is 0 Å². The third kappa shape index (κ3) is 28.9. The number of aromatic nitrogens is 8. The lowest BCUT2D eigenvalue weighted by Crippen LogP contribution is -2.50. The predicted molar refractivity (Wildman–Crippen MR) is 421 cm³/mol. The molecule has 0 unspecified atom stereocenters. The molecule has 109 heavy (non-hydrogen) atoms. The van der Waals surface area contributed by atoms with Crippen LogP contribution in [0, 0.1) is 23.3 Å². The van der Waals surface area contributed by atoms with Crippen molar-refractivity contribution in [2.75, 3.05) is 111 Å². The molecular formula is C74H95BrClF4N15O10S4. The Morgan fingerprint density at radius 2 is 0.633 bits per heavy atom. The Bertz CT molecular complexity index is 4350. The summed E-state index contributed by atoms with van der Waals surface area (Å²) in [5.41, 5.74) is -1.50. The molecule has 0 N–H and O–H groups in total. The second-order valence-electron chi connectivity index (χ2n) is 27.2. The number of benzene rings is 4. The number of hydrogen-bond donors (Lipinski definition) is 1. The van der Waals surface area contributed by atoms with E-state index < -0.39 is 48.1 Å². The Kier molecular flexibility index (Phi) is 34.5. The van der Waals surface area contributed by atoms with E-state index in [9.17, 15) is 48.8 Å². The monoisotopic (exact) mass is 1670 g/mol. The lowest BCUT2D eigenvalue weighted by atomic mass is 10.1. The SMILES string of the molecule is C.C.CC(C)(C)OC(=O)N1CCN(c2ncc(Br)cn2)CC1.CC(C)(C)OC(=O)N1CCN(c2ncc(S(=O)(=O)c3ccc(F)cc3)cn2)CC1.CC(C)(C)OC(=O)N1CCN(c2ncc(Sc3ccc(F)cc3)cn2)CC1.Cl.Fc1ccc(S)cc1.O=S(=O)(c1ccc(F)cc1)c1cnc(N2CCCCC2)nc1. The molecule has 8 heterocycles. The topological polar surface area (TPSA) is 273 Å². The Balaban J connectivity index is 0.000000251. The van der Waals surface area contributed by atoms with Crippen LogP contribution >= 0.6 is 52.7 Å². The molecular weight excluding hydrogens is 1580 g/mol. The Hall–Kier alpha value is -8.70. The van der Waals surface area contributed by atoms with Crippen LogP contribution in [0.2, 0.25) is 0 Å². The molecule has 4 aromatic heterocycles. The van der Waals surface area contributed by atoms with Crippen LogP contribution < -0.4 is 19.6 Å². The largest absolute Gasteiger partial charge is 0.444 e. The highest BCUT2D eigenvalue weighted by Gasteiger charge is 2.31. The first-order valence-electron chi connectivity index (χ1n) is 33.8. The van der Waals surface area contributed by atoms with E-state index in [1.54, 1.807) is 63.8 Å². The lowest BCUT2D eigenvalue weighted by molar-refractivity contribution is 0.0229. The molecule has 4 aromatic carbocycles. The van der Waals surface area contributed by atoms with Crippen molar-refractivity contribution in [2.24, 2.45) is 0 Å². The number of amides is 3. The van der Waals surface area contributed by atoms with Crippen LogP contribution in [-0.4, -0.2) is 198 Å². The lowest BCUT2D eigenvalue weighted by Gasteiger charge is -2.35. The zero-order valence-electron chi connectivity index (χ0n) is 60.6. The highest BCUT2D eigenvalue weighted by atomic mass is 79.9. The number of anilines is 4. The molecule has 592 valence electrons. The van der Waals surface area contributed by atoms with Gasteiger partial charge in [0, 0.05) is 131 Å². The van der Waals surface area contributed by atoms with Gasteiger partial charge in [0.15, 0.2) is 0 Å². The van der Waals surface area contributed by atoms with Crippen LogP contribution in [0.5, 0.6) is 0 Å². The fourth-order valence-electron chi connectivity index (χ4n) is 10.1. The minimum Gasteiger partial charge on any atom is -0.444 e. The molecule has 4 saturated heterocycles. The first-order valence-corrected chi connectivity index (χ1v) is 38.9. The maximum absolute atomic E-state index is 13.0. The van der Waals surface area contributed by atoms with E-state index in [0.29, 0.717) is 102 Å². The van der Waals surface area contributed by atoms with E-state index in [1.807, 2.05) is 72.1 Å². The molecule has 0 saturated carbocycles. The van der Waals surface area contributed by atoms with Crippen LogP contribution in [0.15, 0.2) is 185 Å². The van der Waals surface area contributed by atoms with Crippen molar-refractivity contribution in [1.82, 2.24) is 54.6 Å². The molecule has 0 bridgehead atoms. The average molecular weight is 1670 g/mol. The Morgan fingerprint density at radius 3 is 0.917 bits per heavy atom. The van der Waals surface area contributed by atoms with Crippen molar-refractivity contribution < 1.29 is 63.0 Å². The fourth-order valence-corrected chi connectivity index (χ4v) is 13.5. The Labute approximate surface area is 660 Å². The number of rotatable bonds is 10. The van der Waals surface area contributed by atoms with Gasteiger partial charge in [-0.2, -0.15) is 0 Å². The number of hydrogen-bond acceptors (Lipinski definition) is 24. The molecule has 4 aliphatic rings. The number of piperidine rings is 1. The summed E-state index contributed by atoms with van der Waals surface area (Å²) >= 11 is 8.76. The fraction of sp³-hybridized carbons (Fsp3) is 0.419. The van der Waals surface area contributed by atoms with Crippen molar-refractivity contribution in [2.45, 2.75) is 148 Å². The second kappa shape index (κ2) is 41.4. The van der Waals surface area contributed by atoms with Crippen molar-refractivity contribution in [1.29, 1.82) is 0 Å². The summed E-state index contributed by atoms with van der Waals surface area (Å²) in [6.45, 7) is 25.5. The molecule has 25 nitrogen and oxygen atoms in total. The highest BCUT2D eigenvalue weighted by Crippen LogP contribution is 2.29. The van der Waals surface area contributed by atoms with Gasteiger partial charge in [0.25, 0.3) is 0 Å². The molecule has 35 heteroatoms. The second-order valence-corrected chi connectivity index (χ2v) is 33.7. The van der Waals surface area contributed by atoms with Crippen LogP contribution in [0.1, 0.15) is 96.4 Å². The van der Waals surface area contributed by atoms with E-state index >= 15 is 0 Å². The summed E-state index contributed by atoms with van der Waals surface area (Å²) in [5.74, 6) is 0.806. The average Bonchev–Trinajstić information content (AvgIpc) is 0.799. The van der Waals surface area contributed by atoms with Crippen LogP contribution in [0.4, 0.5) is 55.7 Å². The van der Waals surface area contributed by atoms with E-state index in [1.165, 1.54) is 91.5 Å². The van der Waals surface area contributed by atoms with Crippen molar-refractivity contribution in [3.05, 3.63) is 174 Å². The van der Waals surface area contributed by atoms with Crippen LogP contribution in [-0.2, 0) is 33.9 Å².